The molecule has 252 valence electrons. The van der Waals surface area contributed by atoms with Crippen LogP contribution >= 0.6 is 23.1 Å². The van der Waals surface area contributed by atoms with E-state index in [1.165, 1.54) is 64.0 Å². The van der Waals surface area contributed by atoms with E-state index in [-0.39, 0.29) is 0 Å². The van der Waals surface area contributed by atoms with Crippen molar-refractivity contribution in [2.24, 2.45) is 0 Å². The van der Waals surface area contributed by atoms with Crippen LogP contribution in [-0.4, -0.2) is 19.1 Å². The highest BCUT2D eigenvalue weighted by atomic mass is 32.2. The summed E-state index contributed by atoms with van der Waals surface area (Å²) < 4.78 is 7.29. The maximum atomic E-state index is 5.22. The summed E-state index contributed by atoms with van der Waals surface area (Å²) in [4.78, 5) is 12.9. The summed E-state index contributed by atoms with van der Waals surface area (Å²) in [6, 6.07) is 60.9. The number of rotatable bonds is 4. The Balaban J connectivity index is 1.04. The summed E-state index contributed by atoms with van der Waals surface area (Å²) in [5.74, 6) is 0.737. The molecule has 11 aromatic rings. The molecule has 0 radical (unpaired) electrons. The van der Waals surface area contributed by atoms with E-state index in [1.807, 2.05) is 11.8 Å². The summed E-state index contributed by atoms with van der Waals surface area (Å²) in [6.45, 7) is 0. The highest BCUT2D eigenvalue weighted by Crippen LogP contribution is 2.52. The summed E-state index contributed by atoms with van der Waals surface area (Å²) in [7, 11) is 0. The van der Waals surface area contributed by atoms with Gasteiger partial charge in [-0.05, 0) is 47.5 Å². The average Bonchev–Trinajstić information content (AvgIpc) is 3.90. The molecule has 0 unspecified atom stereocenters. The molecule has 0 N–H and O–H groups in total. The number of thiophene rings is 1. The van der Waals surface area contributed by atoms with Crippen molar-refractivity contribution in [1.82, 2.24) is 19.1 Å². The van der Waals surface area contributed by atoms with Gasteiger partial charge in [0.05, 0.1) is 32.6 Å². The molecule has 7 aromatic carbocycles. The monoisotopic (exact) mass is 724 g/mol. The SMILES string of the molecule is c1ccc(-c2nc(-c3ccc(-c4cccc5c4Sc4cccc6c7c8ccccc8n(-c8ccccc8)c7n-5c46)cc3)nc3c2sc2ccccc23)cc1. The van der Waals surface area contributed by atoms with Gasteiger partial charge >= 0.3 is 0 Å². The van der Waals surface area contributed by atoms with E-state index in [1.54, 1.807) is 11.3 Å². The maximum absolute atomic E-state index is 5.22. The maximum Gasteiger partial charge on any atom is 0.160 e. The Morgan fingerprint density at radius 2 is 1.20 bits per heavy atom. The quantitative estimate of drug-likeness (QED) is 0.181. The van der Waals surface area contributed by atoms with Gasteiger partial charge in [0.15, 0.2) is 5.82 Å². The van der Waals surface area contributed by atoms with Gasteiger partial charge in [-0.2, -0.15) is 0 Å². The standard InChI is InChI=1S/C48H28N4S2/c1-3-13-30(14-4-1)42-46-43(35-18-8-10-23-39(35)53-46)50-47(49-42)31-27-25-29(26-28-31)33-19-11-22-38-45(33)54-40-24-12-20-36-41-34-17-7-9-21-37(34)51(32-15-5-2-6-16-32)48(41)52(38)44(36)40/h1-28H. The molecule has 54 heavy (non-hydrogen) atoms. The molecule has 4 nitrogen and oxygen atoms in total. The molecule has 0 spiro atoms. The fourth-order valence-electron chi connectivity index (χ4n) is 8.38. The van der Waals surface area contributed by atoms with Crippen LogP contribution in [-0.2, 0) is 0 Å². The van der Waals surface area contributed by atoms with Gasteiger partial charge in [-0.15, -0.1) is 11.3 Å². The summed E-state index contributed by atoms with van der Waals surface area (Å²) in [6.07, 6.45) is 0. The summed E-state index contributed by atoms with van der Waals surface area (Å²) >= 11 is 3.64. The first-order valence-corrected chi connectivity index (χ1v) is 19.7. The van der Waals surface area contributed by atoms with Gasteiger partial charge in [-0.3, -0.25) is 9.13 Å². The molecule has 0 saturated heterocycles. The van der Waals surface area contributed by atoms with Crippen molar-refractivity contribution in [1.29, 1.82) is 0 Å². The van der Waals surface area contributed by atoms with Crippen molar-refractivity contribution < 1.29 is 0 Å². The van der Waals surface area contributed by atoms with Gasteiger partial charge in [0, 0.05) is 52.9 Å². The van der Waals surface area contributed by atoms with E-state index in [4.69, 9.17) is 9.97 Å². The first-order valence-electron chi connectivity index (χ1n) is 18.1. The first-order chi connectivity index (χ1) is 26.8. The molecule has 5 heterocycles. The number of hydrogen-bond donors (Lipinski definition) is 0. The highest BCUT2D eigenvalue weighted by Gasteiger charge is 2.29. The average molecular weight is 725 g/mol. The minimum Gasteiger partial charge on any atom is -0.295 e. The number of para-hydroxylation sites is 3. The van der Waals surface area contributed by atoms with Crippen LogP contribution in [0.4, 0.5) is 0 Å². The van der Waals surface area contributed by atoms with Crippen LogP contribution in [0.25, 0.3) is 98.3 Å². The smallest absolute Gasteiger partial charge is 0.160 e. The van der Waals surface area contributed by atoms with Gasteiger partial charge in [-0.25, -0.2) is 9.97 Å². The lowest BCUT2D eigenvalue weighted by Crippen LogP contribution is -2.06. The van der Waals surface area contributed by atoms with E-state index < -0.39 is 0 Å². The Bertz CT molecular complexity index is 3280. The largest absolute Gasteiger partial charge is 0.295 e. The number of hydrogen-bond acceptors (Lipinski definition) is 4. The van der Waals surface area contributed by atoms with Crippen LogP contribution in [0, 0.1) is 0 Å². The van der Waals surface area contributed by atoms with Crippen molar-refractivity contribution in [3.63, 3.8) is 0 Å². The topological polar surface area (TPSA) is 35.6 Å². The Morgan fingerprint density at radius 3 is 2.06 bits per heavy atom. The minimum absolute atomic E-state index is 0.737. The lowest BCUT2D eigenvalue weighted by Gasteiger charge is -2.23. The lowest BCUT2D eigenvalue weighted by atomic mass is 10.0. The normalized spacial score (nSPS) is 12.4. The first kappa shape index (κ1) is 30.0. The summed E-state index contributed by atoms with van der Waals surface area (Å²) in [5, 5.41) is 5.01. The number of benzene rings is 7. The second kappa shape index (κ2) is 11.5. The molecular formula is C48H28N4S2. The fraction of sp³-hybridized carbons (Fsp3) is 0. The molecule has 0 aliphatic carbocycles. The molecule has 0 fully saturated rings. The van der Waals surface area contributed by atoms with Gasteiger partial charge in [-0.1, -0.05) is 145 Å². The zero-order valence-corrected chi connectivity index (χ0v) is 30.4. The Morgan fingerprint density at radius 1 is 0.500 bits per heavy atom. The van der Waals surface area contributed by atoms with Crippen LogP contribution in [0.15, 0.2) is 180 Å². The van der Waals surface area contributed by atoms with E-state index in [0.717, 1.165) is 44.1 Å². The summed E-state index contributed by atoms with van der Waals surface area (Å²) in [5.41, 5.74) is 12.5. The third-order valence-corrected chi connectivity index (χ3v) is 13.1. The van der Waals surface area contributed by atoms with Crippen molar-refractivity contribution >= 4 is 76.2 Å². The molecule has 0 bridgehead atoms. The predicted octanol–water partition coefficient (Wildman–Crippen LogP) is 13.4. The molecule has 0 atom stereocenters. The third kappa shape index (κ3) is 4.26. The van der Waals surface area contributed by atoms with Gasteiger partial charge in [0.2, 0.25) is 0 Å². The molecule has 6 heteroatoms. The van der Waals surface area contributed by atoms with Gasteiger partial charge < -0.3 is 0 Å². The molecular weight excluding hydrogens is 697 g/mol. The molecule has 1 aliphatic rings. The van der Waals surface area contributed by atoms with Crippen molar-refractivity contribution in [2.75, 3.05) is 0 Å². The van der Waals surface area contributed by atoms with E-state index >= 15 is 0 Å². The highest BCUT2D eigenvalue weighted by molar-refractivity contribution is 8.00. The van der Waals surface area contributed by atoms with E-state index in [9.17, 15) is 0 Å². The van der Waals surface area contributed by atoms with Crippen LogP contribution < -0.4 is 0 Å². The fourth-order valence-corrected chi connectivity index (χ4v) is 10.8. The second-order valence-corrected chi connectivity index (χ2v) is 15.8. The molecule has 12 rings (SSSR count). The molecule has 4 aromatic heterocycles. The van der Waals surface area contributed by atoms with Crippen LogP contribution in [0.2, 0.25) is 0 Å². The van der Waals surface area contributed by atoms with Crippen molar-refractivity contribution in [2.45, 2.75) is 9.79 Å². The Hall–Kier alpha value is -6.47. The third-order valence-electron chi connectivity index (χ3n) is 10.7. The van der Waals surface area contributed by atoms with Crippen LogP contribution in [0.1, 0.15) is 0 Å². The number of nitrogens with zero attached hydrogens (tertiary/aromatic N) is 4. The molecule has 1 aliphatic heterocycles. The number of fused-ring (bicyclic) bond motifs is 10. The van der Waals surface area contributed by atoms with Crippen molar-refractivity contribution in [3.05, 3.63) is 170 Å². The van der Waals surface area contributed by atoms with Crippen LogP contribution in [0.5, 0.6) is 0 Å². The predicted molar refractivity (Wildman–Crippen MR) is 227 cm³/mol. The lowest BCUT2D eigenvalue weighted by molar-refractivity contribution is 1.03. The zero-order chi connectivity index (χ0) is 35.3. The Kier molecular flexibility index (Phi) is 6.40. The molecule has 0 amide bonds. The van der Waals surface area contributed by atoms with Crippen LogP contribution in [0.3, 0.4) is 0 Å². The number of aromatic nitrogens is 4. The van der Waals surface area contributed by atoms with Gasteiger partial charge in [0.25, 0.3) is 0 Å². The Labute approximate surface area is 318 Å². The second-order valence-electron chi connectivity index (χ2n) is 13.7. The minimum atomic E-state index is 0.737. The van der Waals surface area contributed by atoms with E-state index in [2.05, 4.69) is 179 Å². The van der Waals surface area contributed by atoms with E-state index in [0.29, 0.717) is 0 Å². The van der Waals surface area contributed by atoms with Gasteiger partial charge in [0.1, 0.15) is 5.65 Å². The molecule has 0 saturated carbocycles. The van der Waals surface area contributed by atoms with Crippen molar-refractivity contribution in [3.8, 4) is 45.1 Å². The zero-order valence-electron chi connectivity index (χ0n) is 28.8.